The summed E-state index contributed by atoms with van der Waals surface area (Å²) in [6.45, 7) is 0. The summed E-state index contributed by atoms with van der Waals surface area (Å²) in [6, 6.07) is 0. The molecule has 0 nitrogen and oxygen atoms in total. The van der Waals surface area contributed by atoms with E-state index in [-0.39, 0.29) is 21.8 Å². The second kappa shape index (κ2) is 3.77. The molecule has 72 valence electrons. The fourth-order valence-electron chi connectivity index (χ4n) is 1.11. The van der Waals surface area contributed by atoms with E-state index in [1.54, 1.807) is 0 Å². The van der Waals surface area contributed by atoms with Crippen LogP contribution in [-0.2, 0) is 18.6 Å². The topological polar surface area (TPSA) is 0 Å². The zero-order chi connectivity index (χ0) is 9.31. The molecule has 0 aromatic carbocycles. The molecule has 13 heavy (non-hydrogen) atoms. The van der Waals surface area contributed by atoms with E-state index in [0.717, 1.165) is 5.03 Å². The fraction of sp³-hybridized carbons (Fsp3) is 0.200. The maximum absolute atomic E-state index is 6.40. The summed E-state index contributed by atoms with van der Waals surface area (Å²) in [5.41, 5.74) is 0. The number of rotatable bonds is 2. The summed E-state index contributed by atoms with van der Waals surface area (Å²) >= 11 is 12.2. The minimum atomic E-state index is -0.356. The predicted octanol–water partition coefficient (Wildman–Crippen LogP) is 3.61. The van der Waals surface area contributed by atoms with E-state index in [0.29, 0.717) is 4.31 Å². The Labute approximate surface area is 96.5 Å². The molecule has 0 saturated heterocycles. The molecule has 0 fully saturated rings. The van der Waals surface area contributed by atoms with Crippen LogP contribution in [0.5, 0.6) is 0 Å². The van der Waals surface area contributed by atoms with Crippen LogP contribution in [0, 0.1) is 0 Å². The van der Waals surface area contributed by atoms with Crippen LogP contribution in [0.3, 0.4) is 0 Å². The van der Waals surface area contributed by atoms with Crippen molar-refractivity contribution in [1.29, 1.82) is 0 Å². The van der Waals surface area contributed by atoms with Gasteiger partial charge in [0, 0.05) is 0 Å². The summed E-state index contributed by atoms with van der Waals surface area (Å²) in [4.78, 5) is 0. The first-order valence-corrected chi connectivity index (χ1v) is 7.08. The fourth-order valence-corrected chi connectivity index (χ4v) is 5.30. The quantitative estimate of drug-likeness (QED) is 0.628. The number of allylic oxidation sites excluding steroid dienone is 8. The van der Waals surface area contributed by atoms with Crippen molar-refractivity contribution in [2.45, 2.75) is 7.57 Å². The number of halogens is 2. The van der Waals surface area contributed by atoms with Crippen LogP contribution in [0.2, 0.25) is 4.31 Å². The van der Waals surface area contributed by atoms with Gasteiger partial charge in [0.15, 0.2) is 0 Å². The summed E-state index contributed by atoms with van der Waals surface area (Å²) in [5.74, 6) is 0. The standard InChI is InChI=1S/C5H3Cl2.C5H5.Pt/c6-4-2-1-3-5(4)7;1-2-4-5-3-1;/h1-3H;1-5H;. The molecule has 0 N–H and O–H groups in total. The summed E-state index contributed by atoms with van der Waals surface area (Å²) < 4.78 is 0.174. The van der Waals surface area contributed by atoms with Gasteiger partial charge in [-0.3, -0.25) is 0 Å². The van der Waals surface area contributed by atoms with Crippen LogP contribution >= 0.6 is 23.2 Å². The van der Waals surface area contributed by atoms with Gasteiger partial charge in [-0.15, -0.1) is 0 Å². The molecule has 0 aromatic heterocycles. The van der Waals surface area contributed by atoms with Gasteiger partial charge in [-0.05, 0) is 0 Å². The Bertz CT molecular complexity index is 316. The molecule has 0 spiro atoms. The van der Waals surface area contributed by atoms with Gasteiger partial charge in [-0.2, -0.15) is 0 Å². The second-order valence-electron chi connectivity index (χ2n) is 2.72. The molecule has 2 aliphatic carbocycles. The van der Waals surface area contributed by atoms with Crippen molar-refractivity contribution in [2.75, 3.05) is 0 Å². The van der Waals surface area contributed by atoms with Crippen molar-refractivity contribution in [3.8, 4) is 0 Å². The van der Waals surface area contributed by atoms with E-state index in [2.05, 4.69) is 24.3 Å². The van der Waals surface area contributed by atoms with Crippen LogP contribution in [-0.4, -0.2) is 3.26 Å². The van der Waals surface area contributed by atoms with Gasteiger partial charge < -0.3 is 0 Å². The van der Waals surface area contributed by atoms with Gasteiger partial charge in [0.25, 0.3) is 0 Å². The molecule has 2 rings (SSSR count). The molecule has 1 unspecified atom stereocenters. The molecule has 1 atom stereocenters. The van der Waals surface area contributed by atoms with Crippen molar-refractivity contribution >= 4 is 23.2 Å². The van der Waals surface area contributed by atoms with E-state index < -0.39 is 0 Å². The van der Waals surface area contributed by atoms with Gasteiger partial charge in [0.1, 0.15) is 0 Å². The van der Waals surface area contributed by atoms with Crippen LogP contribution < -0.4 is 0 Å². The third kappa shape index (κ3) is 2.01. The molecule has 0 aromatic rings. The Morgan fingerprint density at radius 3 is 2.46 bits per heavy atom. The molecule has 0 radical (unpaired) electrons. The van der Waals surface area contributed by atoms with E-state index >= 15 is 0 Å². The first-order valence-electron chi connectivity index (χ1n) is 3.88. The zero-order valence-electron chi connectivity index (χ0n) is 6.69. The molecule has 0 bridgehead atoms. The van der Waals surface area contributed by atoms with Crippen molar-refractivity contribution in [1.82, 2.24) is 0 Å². The molecular formula is C10H8Cl2Pt. The average molecular weight is 394 g/mol. The first kappa shape index (κ1) is 9.77. The summed E-state index contributed by atoms with van der Waals surface area (Å²) in [5, 5.41) is 0.774. The Hall–Kier alpha value is 0.228. The zero-order valence-corrected chi connectivity index (χ0v) is 10.5. The van der Waals surface area contributed by atoms with Gasteiger partial charge in [0.05, 0.1) is 0 Å². The summed E-state index contributed by atoms with van der Waals surface area (Å²) in [7, 11) is 0. The van der Waals surface area contributed by atoms with E-state index in [1.807, 2.05) is 18.2 Å². The van der Waals surface area contributed by atoms with Crippen LogP contribution in [0.25, 0.3) is 0 Å². The SMILES string of the molecule is ClC1=CC=C[C]1(Cl)[Pt][CH]1C=CC=C1. The van der Waals surface area contributed by atoms with Gasteiger partial charge in [-0.25, -0.2) is 0 Å². The molecule has 0 saturated carbocycles. The Kier molecular flexibility index (Phi) is 2.83. The van der Waals surface area contributed by atoms with Crippen molar-refractivity contribution in [3.05, 3.63) is 47.6 Å². The molecule has 0 aliphatic heterocycles. The third-order valence-electron chi connectivity index (χ3n) is 1.76. The van der Waals surface area contributed by atoms with E-state index in [1.165, 1.54) is 0 Å². The van der Waals surface area contributed by atoms with Crippen molar-refractivity contribution in [2.24, 2.45) is 0 Å². The molecule has 2 aliphatic rings. The number of hydrogen-bond acceptors (Lipinski definition) is 0. The van der Waals surface area contributed by atoms with Crippen LogP contribution in [0.1, 0.15) is 0 Å². The Morgan fingerprint density at radius 1 is 1.23 bits per heavy atom. The Morgan fingerprint density at radius 2 is 1.92 bits per heavy atom. The van der Waals surface area contributed by atoms with Crippen LogP contribution in [0.15, 0.2) is 47.6 Å². The predicted molar refractivity (Wildman–Crippen MR) is 53.7 cm³/mol. The van der Waals surface area contributed by atoms with Gasteiger partial charge in [-0.1, -0.05) is 0 Å². The Balaban J connectivity index is 2.09. The number of hydrogen-bond donors (Lipinski definition) is 0. The molecular weight excluding hydrogens is 386 g/mol. The van der Waals surface area contributed by atoms with Crippen LogP contribution in [0.4, 0.5) is 0 Å². The third-order valence-corrected chi connectivity index (χ3v) is 7.07. The molecule has 0 amide bonds. The normalized spacial score (nSPS) is 32.0. The van der Waals surface area contributed by atoms with Crippen molar-refractivity contribution in [3.63, 3.8) is 0 Å². The van der Waals surface area contributed by atoms with Gasteiger partial charge in [0.2, 0.25) is 0 Å². The van der Waals surface area contributed by atoms with Crippen molar-refractivity contribution < 1.29 is 18.6 Å². The molecule has 3 heteroatoms. The summed E-state index contributed by atoms with van der Waals surface area (Å²) in [6.07, 6.45) is 14.4. The monoisotopic (exact) mass is 393 g/mol. The second-order valence-corrected chi connectivity index (χ2v) is 8.33. The van der Waals surface area contributed by atoms with E-state index in [9.17, 15) is 0 Å². The van der Waals surface area contributed by atoms with Gasteiger partial charge >= 0.3 is 96.9 Å². The average Bonchev–Trinajstić information content (AvgIpc) is 2.65. The van der Waals surface area contributed by atoms with E-state index in [4.69, 9.17) is 23.2 Å². The molecule has 0 heterocycles. The minimum absolute atomic E-state index is 0.212. The number of alkyl halides is 1. The first-order chi connectivity index (χ1) is 6.21. The maximum atomic E-state index is 6.40.